The molecule has 7 nitrogen and oxygen atoms in total. The fourth-order valence-corrected chi connectivity index (χ4v) is 3.74. The number of halogens is 1. The van der Waals surface area contributed by atoms with Crippen LogP contribution in [-0.4, -0.2) is 44.2 Å². The van der Waals surface area contributed by atoms with Crippen molar-refractivity contribution < 1.29 is 18.7 Å². The van der Waals surface area contributed by atoms with Crippen molar-refractivity contribution in [3.63, 3.8) is 0 Å². The molecule has 0 spiro atoms. The number of carbonyl (C=O) groups is 2. The Morgan fingerprint density at radius 2 is 2.07 bits per heavy atom. The third-order valence-corrected chi connectivity index (χ3v) is 5.26. The number of rotatable bonds is 4. The number of hydrogen-bond acceptors (Lipinski definition) is 7. The number of ketones is 1. The van der Waals surface area contributed by atoms with Crippen LogP contribution in [0.4, 0.5) is 4.39 Å². The Morgan fingerprint density at radius 1 is 1.30 bits per heavy atom. The van der Waals surface area contributed by atoms with Crippen LogP contribution in [0.25, 0.3) is 5.78 Å². The Bertz CT molecular complexity index is 1040. The highest BCUT2D eigenvalue weighted by atomic mass is 32.2. The van der Waals surface area contributed by atoms with Gasteiger partial charge in [-0.05, 0) is 30.0 Å². The van der Waals surface area contributed by atoms with E-state index in [1.54, 1.807) is 18.3 Å². The molecule has 0 amide bonds. The first-order chi connectivity index (χ1) is 13.0. The Hall–Kier alpha value is -2.81. The Kier molecular flexibility index (Phi) is 4.61. The van der Waals surface area contributed by atoms with Crippen molar-refractivity contribution in [2.75, 3.05) is 12.9 Å². The van der Waals surface area contributed by atoms with Crippen molar-refractivity contribution >= 4 is 29.3 Å². The number of Topliss-reactive ketones (excluding diaryl/α,β-unsaturated/α-hetero) is 1. The molecule has 2 heterocycles. The minimum absolute atomic E-state index is 0.0285. The van der Waals surface area contributed by atoms with Gasteiger partial charge in [-0.3, -0.25) is 9.59 Å². The smallest absolute Gasteiger partial charge is 0.316 e. The molecule has 0 aliphatic heterocycles. The molecule has 138 valence electrons. The van der Waals surface area contributed by atoms with Gasteiger partial charge in [0, 0.05) is 12.6 Å². The van der Waals surface area contributed by atoms with Crippen LogP contribution in [0.1, 0.15) is 34.0 Å². The first-order valence-corrected chi connectivity index (χ1v) is 9.26. The number of thioether (sulfide) groups is 1. The number of benzene rings is 1. The van der Waals surface area contributed by atoms with E-state index in [1.807, 2.05) is 0 Å². The van der Waals surface area contributed by atoms with Crippen LogP contribution in [0.15, 0.2) is 35.6 Å². The van der Waals surface area contributed by atoms with Crippen LogP contribution in [0.2, 0.25) is 0 Å². The van der Waals surface area contributed by atoms with Crippen LogP contribution >= 0.6 is 11.8 Å². The summed E-state index contributed by atoms with van der Waals surface area (Å²) in [5, 5.41) is 4.64. The number of ether oxygens (including phenoxy) is 1. The van der Waals surface area contributed by atoms with Gasteiger partial charge >= 0.3 is 5.97 Å². The summed E-state index contributed by atoms with van der Waals surface area (Å²) in [7, 11) is 1.32. The number of esters is 1. The van der Waals surface area contributed by atoms with Gasteiger partial charge in [-0.1, -0.05) is 23.9 Å². The van der Waals surface area contributed by atoms with Crippen molar-refractivity contribution in [2.24, 2.45) is 0 Å². The lowest BCUT2D eigenvalue weighted by Crippen LogP contribution is -2.21. The highest BCUT2D eigenvalue weighted by Gasteiger charge is 2.28. The standard InChI is InChI=1S/C18H15FN4O3S/c1-26-16(25)9-27-18-21-17-20-14-6-11(10-2-4-12(19)5-3-10)7-15(24)13(14)8-23(17)22-18/h2-5,8,11H,6-7,9H2,1H3. The highest BCUT2D eigenvalue weighted by molar-refractivity contribution is 7.99. The van der Waals surface area contributed by atoms with Gasteiger partial charge in [0.1, 0.15) is 5.82 Å². The minimum atomic E-state index is -0.372. The largest absolute Gasteiger partial charge is 0.468 e. The lowest BCUT2D eigenvalue weighted by atomic mass is 9.82. The maximum Gasteiger partial charge on any atom is 0.316 e. The maximum absolute atomic E-state index is 13.2. The molecular formula is C18H15FN4O3S. The topological polar surface area (TPSA) is 86.4 Å². The molecule has 9 heteroatoms. The van der Waals surface area contributed by atoms with E-state index >= 15 is 0 Å². The Morgan fingerprint density at radius 3 is 2.81 bits per heavy atom. The third kappa shape index (κ3) is 3.55. The SMILES string of the molecule is COC(=O)CSc1nc2nc3c(cn2n1)C(=O)CC(c1ccc(F)cc1)C3. The van der Waals surface area contributed by atoms with Crippen molar-refractivity contribution in [3.8, 4) is 0 Å². The lowest BCUT2D eigenvalue weighted by molar-refractivity contribution is -0.137. The molecule has 0 saturated heterocycles. The number of carbonyl (C=O) groups excluding carboxylic acids is 2. The molecule has 1 unspecified atom stereocenters. The summed E-state index contributed by atoms with van der Waals surface area (Å²) >= 11 is 1.14. The van der Waals surface area contributed by atoms with Crippen LogP contribution in [-0.2, 0) is 16.0 Å². The van der Waals surface area contributed by atoms with Crippen molar-refractivity contribution in [2.45, 2.75) is 23.9 Å². The monoisotopic (exact) mass is 386 g/mol. The molecule has 2 aromatic heterocycles. The zero-order chi connectivity index (χ0) is 19.0. The van der Waals surface area contributed by atoms with Gasteiger partial charge in [0.15, 0.2) is 5.78 Å². The summed E-state index contributed by atoms with van der Waals surface area (Å²) in [4.78, 5) is 32.6. The summed E-state index contributed by atoms with van der Waals surface area (Å²) in [5.41, 5.74) is 2.09. The summed E-state index contributed by atoms with van der Waals surface area (Å²) in [6, 6.07) is 6.20. The molecule has 1 aliphatic rings. The summed E-state index contributed by atoms with van der Waals surface area (Å²) < 4.78 is 19.2. The first-order valence-electron chi connectivity index (χ1n) is 8.28. The molecule has 0 N–H and O–H groups in total. The van der Waals surface area contributed by atoms with Gasteiger partial charge in [0.05, 0.1) is 24.1 Å². The molecule has 4 rings (SSSR count). The molecule has 0 radical (unpaired) electrons. The minimum Gasteiger partial charge on any atom is -0.468 e. The van der Waals surface area contributed by atoms with Crippen LogP contribution in [0, 0.1) is 5.82 Å². The van der Waals surface area contributed by atoms with E-state index in [2.05, 4.69) is 19.8 Å². The number of nitrogens with zero attached hydrogens (tertiary/aromatic N) is 4. The number of methoxy groups -OCH3 is 1. The second-order valence-corrected chi connectivity index (χ2v) is 7.13. The summed E-state index contributed by atoms with van der Waals surface area (Å²) in [6.45, 7) is 0. The van der Waals surface area contributed by atoms with E-state index in [4.69, 9.17) is 0 Å². The van der Waals surface area contributed by atoms with Crippen molar-refractivity contribution in [1.82, 2.24) is 19.6 Å². The van der Waals surface area contributed by atoms with Crippen molar-refractivity contribution in [1.29, 1.82) is 0 Å². The van der Waals surface area contributed by atoms with Crippen LogP contribution < -0.4 is 0 Å². The van der Waals surface area contributed by atoms with E-state index in [1.165, 1.54) is 23.8 Å². The molecular weight excluding hydrogens is 371 g/mol. The van der Waals surface area contributed by atoms with E-state index < -0.39 is 0 Å². The average molecular weight is 386 g/mol. The third-order valence-electron chi connectivity index (χ3n) is 4.45. The number of hydrogen-bond donors (Lipinski definition) is 0. The van der Waals surface area contributed by atoms with E-state index in [0.29, 0.717) is 35.0 Å². The molecule has 27 heavy (non-hydrogen) atoms. The molecule has 1 aromatic carbocycles. The first kappa shape index (κ1) is 17.6. The summed E-state index contributed by atoms with van der Waals surface area (Å²) in [6.07, 6.45) is 2.54. The Balaban J connectivity index is 1.62. The van der Waals surface area contributed by atoms with Gasteiger partial charge in [-0.25, -0.2) is 13.9 Å². The quantitative estimate of drug-likeness (QED) is 0.503. The zero-order valence-electron chi connectivity index (χ0n) is 14.4. The van der Waals surface area contributed by atoms with E-state index in [9.17, 15) is 14.0 Å². The Labute approximate surface area is 158 Å². The van der Waals surface area contributed by atoms with E-state index in [-0.39, 0.29) is 29.2 Å². The van der Waals surface area contributed by atoms with Gasteiger partial charge in [-0.15, -0.1) is 5.10 Å². The van der Waals surface area contributed by atoms with Crippen LogP contribution in [0.5, 0.6) is 0 Å². The van der Waals surface area contributed by atoms with E-state index in [0.717, 1.165) is 17.3 Å². The summed E-state index contributed by atoms with van der Waals surface area (Å²) in [5.74, 6) is -0.284. The number of aromatic nitrogens is 4. The highest BCUT2D eigenvalue weighted by Crippen LogP contribution is 2.32. The zero-order valence-corrected chi connectivity index (χ0v) is 15.2. The fraction of sp³-hybridized carbons (Fsp3) is 0.278. The molecule has 1 aliphatic carbocycles. The van der Waals surface area contributed by atoms with Crippen LogP contribution in [0.3, 0.4) is 0 Å². The predicted molar refractivity (Wildman–Crippen MR) is 95.3 cm³/mol. The second-order valence-electron chi connectivity index (χ2n) is 6.18. The normalized spacial score (nSPS) is 16.4. The molecule has 0 bridgehead atoms. The van der Waals surface area contributed by atoms with Gasteiger partial charge in [0.2, 0.25) is 5.16 Å². The molecule has 1 atom stereocenters. The van der Waals surface area contributed by atoms with Gasteiger partial charge in [-0.2, -0.15) is 4.98 Å². The lowest BCUT2D eigenvalue weighted by Gasteiger charge is -2.23. The molecule has 0 fully saturated rings. The van der Waals surface area contributed by atoms with Crippen molar-refractivity contribution in [3.05, 3.63) is 53.1 Å². The predicted octanol–water partition coefficient (Wildman–Crippen LogP) is 2.44. The maximum atomic E-state index is 13.2. The second kappa shape index (κ2) is 7.07. The fourth-order valence-electron chi connectivity index (χ4n) is 3.08. The molecule has 0 saturated carbocycles. The number of fused-ring (bicyclic) bond motifs is 2. The van der Waals surface area contributed by atoms with Gasteiger partial charge in [0.25, 0.3) is 5.78 Å². The molecule has 3 aromatic rings. The average Bonchev–Trinajstić information content (AvgIpc) is 3.07. The van der Waals surface area contributed by atoms with Gasteiger partial charge < -0.3 is 4.74 Å².